The van der Waals surface area contributed by atoms with Crippen LogP contribution in [-0.2, 0) is 6.54 Å². The van der Waals surface area contributed by atoms with E-state index in [9.17, 15) is 14.9 Å². The van der Waals surface area contributed by atoms with Crippen molar-refractivity contribution >= 4 is 33.2 Å². The lowest BCUT2D eigenvalue weighted by Crippen LogP contribution is -2.16. The van der Waals surface area contributed by atoms with Crippen LogP contribution < -0.4 is 5.32 Å². The Bertz CT molecular complexity index is 651. The molecule has 0 aliphatic rings. The van der Waals surface area contributed by atoms with Gasteiger partial charge in [0.25, 0.3) is 11.6 Å². The largest absolute Gasteiger partial charge is 0.337 e. The first-order valence-corrected chi connectivity index (χ1v) is 6.58. The number of halogens is 1. The Hall–Kier alpha value is -2.22. The van der Waals surface area contributed by atoms with Gasteiger partial charge in [0, 0.05) is 12.6 Å². The fourth-order valence-corrected chi connectivity index (χ4v) is 1.93. The molecule has 0 saturated heterocycles. The van der Waals surface area contributed by atoms with E-state index in [2.05, 4.69) is 26.2 Å². The number of aryl methyl sites for hydroxylation is 1. The van der Waals surface area contributed by atoms with Gasteiger partial charge in [-0.2, -0.15) is 0 Å². The molecule has 0 atom stereocenters. The molecule has 20 heavy (non-hydrogen) atoms. The number of aromatic nitrogens is 2. The smallest absolute Gasteiger partial charge is 0.287 e. The molecule has 0 spiro atoms. The number of nitro groups is 1. The second kappa shape index (κ2) is 5.83. The molecule has 1 N–H and O–H groups in total. The summed E-state index contributed by atoms with van der Waals surface area (Å²) in [6.07, 6.45) is 2.84. The SMILES string of the molecule is CCn1cc([N+](=O)[O-])cc1C(=O)Nc1ccc(Br)nc1. The first kappa shape index (κ1) is 14.2. The normalized spacial score (nSPS) is 10.3. The zero-order valence-corrected chi connectivity index (χ0v) is 12.1. The molecule has 2 aromatic heterocycles. The highest BCUT2D eigenvalue weighted by molar-refractivity contribution is 9.10. The van der Waals surface area contributed by atoms with E-state index in [1.165, 1.54) is 23.0 Å². The first-order valence-electron chi connectivity index (χ1n) is 5.78. The standard InChI is InChI=1S/C12H11BrN4O3/c1-2-16-7-9(17(19)20)5-10(16)12(18)15-8-3-4-11(13)14-6-8/h3-7H,2H2,1H3,(H,15,18). The van der Waals surface area contributed by atoms with Crippen molar-refractivity contribution in [1.29, 1.82) is 0 Å². The third kappa shape index (κ3) is 3.02. The highest BCUT2D eigenvalue weighted by Gasteiger charge is 2.18. The summed E-state index contributed by atoms with van der Waals surface area (Å²) >= 11 is 3.20. The van der Waals surface area contributed by atoms with E-state index in [1.807, 2.05) is 6.92 Å². The van der Waals surface area contributed by atoms with Crippen LogP contribution in [-0.4, -0.2) is 20.4 Å². The fraction of sp³-hybridized carbons (Fsp3) is 0.167. The van der Waals surface area contributed by atoms with Crippen molar-refractivity contribution in [2.45, 2.75) is 13.5 Å². The van der Waals surface area contributed by atoms with Gasteiger partial charge < -0.3 is 9.88 Å². The average molecular weight is 339 g/mol. The molecule has 2 aromatic rings. The lowest BCUT2D eigenvalue weighted by Gasteiger charge is -2.06. The van der Waals surface area contributed by atoms with E-state index in [0.717, 1.165) is 0 Å². The Kier molecular flexibility index (Phi) is 4.14. The highest BCUT2D eigenvalue weighted by Crippen LogP contribution is 2.18. The third-order valence-electron chi connectivity index (χ3n) is 2.65. The Morgan fingerprint density at radius 1 is 1.55 bits per heavy atom. The second-order valence-corrected chi connectivity index (χ2v) is 4.76. The van der Waals surface area contributed by atoms with Gasteiger partial charge in [-0.25, -0.2) is 4.98 Å². The number of hydrogen-bond donors (Lipinski definition) is 1. The molecule has 0 aromatic carbocycles. The van der Waals surface area contributed by atoms with Gasteiger partial charge in [-0.1, -0.05) is 0 Å². The molecule has 2 heterocycles. The Morgan fingerprint density at radius 3 is 2.85 bits per heavy atom. The minimum atomic E-state index is -0.524. The predicted octanol–water partition coefficient (Wildman–Crippen LogP) is 2.83. The van der Waals surface area contributed by atoms with Gasteiger partial charge in [-0.05, 0) is 35.0 Å². The van der Waals surface area contributed by atoms with Crippen molar-refractivity contribution in [3.8, 4) is 0 Å². The van der Waals surface area contributed by atoms with Crippen LogP contribution in [0.5, 0.6) is 0 Å². The Balaban J connectivity index is 2.24. The second-order valence-electron chi connectivity index (χ2n) is 3.95. The lowest BCUT2D eigenvalue weighted by atomic mass is 10.3. The van der Waals surface area contributed by atoms with Crippen LogP contribution >= 0.6 is 15.9 Å². The number of nitrogens with one attached hydrogen (secondary N) is 1. The van der Waals surface area contributed by atoms with Crippen molar-refractivity contribution in [1.82, 2.24) is 9.55 Å². The summed E-state index contributed by atoms with van der Waals surface area (Å²) in [7, 11) is 0. The number of pyridine rings is 1. The summed E-state index contributed by atoms with van der Waals surface area (Å²) in [4.78, 5) is 26.3. The van der Waals surface area contributed by atoms with Gasteiger partial charge in [0.05, 0.1) is 23.0 Å². The minimum Gasteiger partial charge on any atom is -0.337 e. The van der Waals surface area contributed by atoms with E-state index in [0.29, 0.717) is 16.8 Å². The molecule has 0 aliphatic heterocycles. The maximum atomic E-state index is 12.1. The number of rotatable bonds is 4. The lowest BCUT2D eigenvalue weighted by molar-refractivity contribution is -0.384. The van der Waals surface area contributed by atoms with Crippen molar-refractivity contribution in [2.24, 2.45) is 0 Å². The van der Waals surface area contributed by atoms with Crippen LogP contribution in [0.3, 0.4) is 0 Å². The molecule has 104 valence electrons. The molecule has 0 aliphatic carbocycles. The molecular weight excluding hydrogens is 328 g/mol. The van der Waals surface area contributed by atoms with Crippen LogP contribution in [0.4, 0.5) is 11.4 Å². The maximum Gasteiger partial charge on any atom is 0.287 e. The van der Waals surface area contributed by atoms with E-state index in [4.69, 9.17) is 0 Å². The van der Waals surface area contributed by atoms with Gasteiger partial charge in [0.1, 0.15) is 10.3 Å². The maximum absolute atomic E-state index is 12.1. The third-order valence-corrected chi connectivity index (χ3v) is 3.12. The van der Waals surface area contributed by atoms with Gasteiger partial charge in [0.15, 0.2) is 0 Å². The van der Waals surface area contributed by atoms with E-state index < -0.39 is 10.8 Å². The Labute approximate surface area is 122 Å². The van der Waals surface area contributed by atoms with Crippen molar-refractivity contribution in [3.63, 3.8) is 0 Å². The number of nitrogens with zero attached hydrogens (tertiary/aromatic N) is 3. The number of hydrogen-bond acceptors (Lipinski definition) is 4. The van der Waals surface area contributed by atoms with Crippen LogP contribution in [0.2, 0.25) is 0 Å². The van der Waals surface area contributed by atoms with Crippen LogP contribution in [0.25, 0.3) is 0 Å². The van der Waals surface area contributed by atoms with Crippen LogP contribution in [0.15, 0.2) is 35.2 Å². The van der Waals surface area contributed by atoms with Crippen molar-refractivity contribution < 1.29 is 9.72 Å². The minimum absolute atomic E-state index is 0.106. The van der Waals surface area contributed by atoms with Gasteiger partial charge in [-0.15, -0.1) is 0 Å². The van der Waals surface area contributed by atoms with Crippen molar-refractivity contribution in [2.75, 3.05) is 5.32 Å². The van der Waals surface area contributed by atoms with Gasteiger partial charge >= 0.3 is 0 Å². The summed E-state index contributed by atoms with van der Waals surface area (Å²) in [5, 5.41) is 13.4. The van der Waals surface area contributed by atoms with Crippen molar-refractivity contribution in [3.05, 3.63) is 51.0 Å². The number of anilines is 1. The first-order chi connectivity index (χ1) is 9.51. The number of amides is 1. The molecule has 0 fully saturated rings. The summed E-state index contributed by atoms with van der Waals surface area (Å²) in [6.45, 7) is 2.27. The van der Waals surface area contributed by atoms with Crippen LogP contribution in [0, 0.1) is 10.1 Å². The quantitative estimate of drug-likeness (QED) is 0.527. The molecule has 2 rings (SSSR count). The molecule has 8 heteroatoms. The van der Waals surface area contributed by atoms with E-state index in [1.54, 1.807) is 12.1 Å². The summed E-state index contributed by atoms with van der Waals surface area (Å²) in [5.74, 6) is -0.413. The molecule has 0 saturated carbocycles. The molecule has 0 bridgehead atoms. The van der Waals surface area contributed by atoms with Crippen LogP contribution in [0.1, 0.15) is 17.4 Å². The monoisotopic (exact) mass is 338 g/mol. The molecule has 0 radical (unpaired) electrons. The zero-order chi connectivity index (χ0) is 14.7. The molecule has 1 amide bonds. The number of carbonyl (C=O) groups excluding carboxylic acids is 1. The van der Waals surface area contributed by atoms with E-state index >= 15 is 0 Å². The summed E-state index contributed by atoms with van der Waals surface area (Å²) < 4.78 is 2.18. The fourth-order valence-electron chi connectivity index (χ4n) is 1.69. The summed E-state index contributed by atoms with van der Waals surface area (Å²) in [6, 6.07) is 4.63. The Morgan fingerprint density at radius 2 is 2.30 bits per heavy atom. The van der Waals surface area contributed by atoms with Gasteiger partial charge in [-0.3, -0.25) is 14.9 Å². The predicted molar refractivity (Wildman–Crippen MR) is 76.7 cm³/mol. The molecule has 7 nitrogen and oxygen atoms in total. The zero-order valence-electron chi connectivity index (χ0n) is 10.5. The topological polar surface area (TPSA) is 90.1 Å². The van der Waals surface area contributed by atoms with Gasteiger partial charge in [0.2, 0.25) is 0 Å². The number of carbonyl (C=O) groups is 1. The molecule has 0 unspecified atom stereocenters. The average Bonchev–Trinajstić information content (AvgIpc) is 2.86. The summed E-state index contributed by atoms with van der Waals surface area (Å²) in [5.41, 5.74) is 0.651. The highest BCUT2D eigenvalue weighted by atomic mass is 79.9. The van der Waals surface area contributed by atoms with E-state index in [-0.39, 0.29) is 11.4 Å². The molecular formula is C12H11BrN4O3.